The van der Waals surface area contributed by atoms with E-state index in [4.69, 9.17) is 4.74 Å². The van der Waals surface area contributed by atoms with E-state index in [1.54, 1.807) is 13.2 Å². The minimum atomic E-state index is -0.288. The number of hydrogen-bond acceptors (Lipinski definition) is 4. The number of hydrogen-bond donors (Lipinski definition) is 2. The van der Waals surface area contributed by atoms with E-state index >= 15 is 0 Å². The van der Waals surface area contributed by atoms with Crippen molar-refractivity contribution in [3.05, 3.63) is 41.6 Å². The predicted octanol–water partition coefficient (Wildman–Crippen LogP) is 1.04. The first-order valence-corrected chi connectivity index (χ1v) is 7.02. The van der Waals surface area contributed by atoms with Crippen LogP contribution in [0.4, 0.5) is 0 Å². The summed E-state index contributed by atoms with van der Waals surface area (Å²) in [5, 5.41) is 6.04. The van der Waals surface area contributed by atoms with Gasteiger partial charge in [0, 0.05) is 24.7 Å². The number of carbonyl (C=O) groups excluding carboxylic acids is 2. The predicted molar refractivity (Wildman–Crippen MR) is 83.7 cm³/mol. The lowest BCUT2D eigenvalue weighted by molar-refractivity contribution is -0.120. The van der Waals surface area contributed by atoms with Crippen molar-refractivity contribution < 1.29 is 14.3 Å². The number of carbonyl (C=O) groups is 2. The molecule has 2 aromatic rings. The van der Waals surface area contributed by atoms with Gasteiger partial charge >= 0.3 is 0 Å². The van der Waals surface area contributed by atoms with E-state index in [0.29, 0.717) is 18.7 Å². The van der Waals surface area contributed by atoms with E-state index in [1.165, 1.54) is 0 Å². The zero-order valence-corrected chi connectivity index (χ0v) is 12.7. The summed E-state index contributed by atoms with van der Waals surface area (Å²) in [6.07, 6.45) is 0. The Morgan fingerprint density at radius 3 is 2.77 bits per heavy atom. The summed E-state index contributed by atoms with van der Waals surface area (Å²) in [6, 6.07) is 9.15. The van der Waals surface area contributed by atoms with Gasteiger partial charge in [-0.2, -0.15) is 0 Å². The maximum atomic E-state index is 12.3. The van der Waals surface area contributed by atoms with Gasteiger partial charge in [-0.1, -0.05) is 18.2 Å². The number of nitrogens with zero attached hydrogens (tertiary/aromatic N) is 1. The highest BCUT2D eigenvalue weighted by atomic mass is 16.5. The molecule has 0 spiro atoms. The van der Waals surface area contributed by atoms with Gasteiger partial charge in [-0.25, -0.2) is 0 Å². The smallest absolute Gasteiger partial charge is 0.252 e. The van der Waals surface area contributed by atoms with E-state index < -0.39 is 0 Å². The number of benzene rings is 1. The van der Waals surface area contributed by atoms with Gasteiger partial charge in [0.25, 0.3) is 5.91 Å². The second-order valence-corrected chi connectivity index (χ2v) is 4.85. The third kappa shape index (κ3) is 4.02. The molecule has 0 aliphatic carbocycles. The fourth-order valence-electron chi connectivity index (χ4n) is 2.11. The van der Waals surface area contributed by atoms with Crippen LogP contribution in [-0.2, 0) is 9.53 Å². The van der Waals surface area contributed by atoms with Crippen molar-refractivity contribution in [2.24, 2.45) is 0 Å². The maximum Gasteiger partial charge on any atom is 0.252 e. The molecule has 2 rings (SSSR count). The van der Waals surface area contributed by atoms with Crippen LogP contribution >= 0.6 is 0 Å². The molecule has 1 heterocycles. The Balaban J connectivity index is 2.05. The van der Waals surface area contributed by atoms with Gasteiger partial charge in [-0.3, -0.25) is 14.6 Å². The molecule has 116 valence electrons. The summed E-state index contributed by atoms with van der Waals surface area (Å²) in [4.78, 5) is 28.3. The number of ether oxygens (including phenoxy) is 1. The molecule has 0 atom stereocenters. The van der Waals surface area contributed by atoms with Crippen LogP contribution in [0, 0.1) is 6.92 Å². The van der Waals surface area contributed by atoms with Gasteiger partial charge < -0.3 is 15.4 Å². The van der Waals surface area contributed by atoms with Gasteiger partial charge in [-0.15, -0.1) is 0 Å². The van der Waals surface area contributed by atoms with Crippen molar-refractivity contribution in [2.75, 3.05) is 26.8 Å². The second-order valence-electron chi connectivity index (χ2n) is 4.85. The molecule has 2 N–H and O–H groups in total. The molecule has 0 saturated carbocycles. The SMILES string of the molecule is COCCNC(=O)CNC(=O)c1cc(C)nc2ccccc12. The van der Waals surface area contributed by atoms with Crippen molar-refractivity contribution in [1.29, 1.82) is 0 Å². The zero-order chi connectivity index (χ0) is 15.9. The Morgan fingerprint density at radius 1 is 1.23 bits per heavy atom. The highest BCUT2D eigenvalue weighted by Crippen LogP contribution is 2.17. The van der Waals surface area contributed by atoms with Crippen LogP contribution in [0.25, 0.3) is 10.9 Å². The topological polar surface area (TPSA) is 80.3 Å². The molecule has 22 heavy (non-hydrogen) atoms. The quantitative estimate of drug-likeness (QED) is 0.781. The summed E-state index contributed by atoms with van der Waals surface area (Å²) in [5.74, 6) is -0.538. The number of rotatable bonds is 6. The van der Waals surface area contributed by atoms with Crippen molar-refractivity contribution in [3.8, 4) is 0 Å². The van der Waals surface area contributed by atoms with E-state index in [0.717, 1.165) is 16.6 Å². The number of fused-ring (bicyclic) bond motifs is 1. The first kappa shape index (κ1) is 15.9. The van der Waals surface area contributed by atoms with E-state index in [-0.39, 0.29) is 18.4 Å². The second kappa shape index (κ2) is 7.51. The molecule has 0 unspecified atom stereocenters. The van der Waals surface area contributed by atoms with Crippen LogP contribution in [0.15, 0.2) is 30.3 Å². The van der Waals surface area contributed by atoms with Crippen LogP contribution in [-0.4, -0.2) is 43.6 Å². The van der Waals surface area contributed by atoms with Gasteiger partial charge in [0.15, 0.2) is 0 Å². The molecule has 0 aliphatic rings. The number of methoxy groups -OCH3 is 1. The highest BCUT2D eigenvalue weighted by molar-refractivity contribution is 6.07. The molecule has 0 fully saturated rings. The molecule has 0 bridgehead atoms. The van der Waals surface area contributed by atoms with E-state index in [1.807, 2.05) is 31.2 Å². The lowest BCUT2D eigenvalue weighted by Gasteiger charge is -2.09. The fourth-order valence-corrected chi connectivity index (χ4v) is 2.11. The highest BCUT2D eigenvalue weighted by Gasteiger charge is 2.12. The minimum Gasteiger partial charge on any atom is -0.383 e. The molecule has 6 heteroatoms. The van der Waals surface area contributed by atoms with Crippen molar-refractivity contribution in [3.63, 3.8) is 0 Å². The molecule has 0 saturated heterocycles. The Bertz CT molecular complexity index is 685. The molecule has 0 radical (unpaired) electrons. The molecule has 1 aromatic carbocycles. The maximum absolute atomic E-state index is 12.3. The lowest BCUT2D eigenvalue weighted by Crippen LogP contribution is -2.38. The Kier molecular flexibility index (Phi) is 5.43. The molecule has 0 aliphatic heterocycles. The summed E-state index contributed by atoms with van der Waals surface area (Å²) >= 11 is 0. The normalized spacial score (nSPS) is 10.5. The van der Waals surface area contributed by atoms with Crippen LogP contribution in [0.5, 0.6) is 0 Å². The molecule has 2 amide bonds. The first-order chi connectivity index (χ1) is 10.6. The number of amides is 2. The van der Waals surface area contributed by atoms with Crippen LogP contribution in [0.2, 0.25) is 0 Å². The lowest BCUT2D eigenvalue weighted by atomic mass is 10.1. The Labute approximate surface area is 128 Å². The van der Waals surface area contributed by atoms with Crippen LogP contribution in [0.1, 0.15) is 16.1 Å². The largest absolute Gasteiger partial charge is 0.383 e. The van der Waals surface area contributed by atoms with Gasteiger partial charge in [0.2, 0.25) is 5.91 Å². The van der Waals surface area contributed by atoms with Crippen molar-refractivity contribution >= 4 is 22.7 Å². The van der Waals surface area contributed by atoms with E-state index in [9.17, 15) is 9.59 Å². The average Bonchev–Trinajstić information content (AvgIpc) is 2.52. The van der Waals surface area contributed by atoms with Crippen molar-refractivity contribution in [1.82, 2.24) is 15.6 Å². The fraction of sp³-hybridized carbons (Fsp3) is 0.312. The molecule has 1 aromatic heterocycles. The molecule has 6 nitrogen and oxygen atoms in total. The summed E-state index contributed by atoms with van der Waals surface area (Å²) in [7, 11) is 1.56. The molecular formula is C16H19N3O3. The number of aromatic nitrogens is 1. The molecular weight excluding hydrogens is 282 g/mol. The summed E-state index contributed by atoms with van der Waals surface area (Å²) in [5.41, 5.74) is 2.04. The van der Waals surface area contributed by atoms with Gasteiger partial charge in [0.1, 0.15) is 0 Å². The number of para-hydroxylation sites is 1. The minimum absolute atomic E-state index is 0.0712. The third-order valence-corrected chi connectivity index (χ3v) is 3.13. The number of aryl methyl sites for hydroxylation is 1. The monoisotopic (exact) mass is 301 g/mol. The number of nitrogens with one attached hydrogen (secondary N) is 2. The van der Waals surface area contributed by atoms with Crippen LogP contribution in [0.3, 0.4) is 0 Å². The van der Waals surface area contributed by atoms with E-state index in [2.05, 4.69) is 15.6 Å². The van der Waals surface area contributed by atoms with Gasteiger partial charge in [-0.05, 0) is 19.1 Å². The van der Waals surface area contributed by atoms with Crippen molar-refractivity contribution in [2.45, 2.75) is 6.92 Å². The summed E-state index contributed by atoms with van der Waals surface area (Å²) in [6.45, 7) is 2.62. The first-order valence-electron chi connectivity index (χ1n) is 7.02. The average molecular weight is 301 g/mol. The Morgan fingerprint density at radius 2 is 2.00 bits per heavy atom. The summed E-state index contributed by atoms with van der Waals surface area (Å²) < 4.78 is 4.84. The van der Waals surface area contributed by atoms with Crippen LogP contribution < -0.4 is 10.6 Å². The third-order valence-electron chi connectivity index (χ3n) is 3.13. The van der Waals surface area contributed by atoms with Gasteiger partial charge in [0.05, 0.1) is 24.2 Å². The Hall–Kier alpha value is -2.47. The standard InChI is InChI=1S/C16H19N3O3/c1-11-9-13(12-5-3-4-6-14(12)19-11)16(21)18-10-15(20)17-7-8-22-2/h3-6,9H,7-8,10H2,1-2H3,(H,17,20)(H,18,21). The zero-order valence-electron chi connectivity index (χ0n) is 12.7. The number of pyridine rings is 1.